The maximum Gasteiger partial charge on any atom is 0.251 e. The predicted molar refractivity (Wildman–Crippen MR) is 102 cm³/mol. The number of amides is 1. The van der Waals surface area contributed by atoms with Crippen LogP contribution in [0.25, 0.3) is 0 Å². The summed E-state index contributed by atoms with van der Waals surface area (Å²) in [5.41, 5.74) is 1.14. The number of ether oxygens (including phenoxy) is 2. The van der Waals surface area contributed by atoms with Crippen LogP contribution in [0.15, 0.2) is 48.8 Å². The maximum atomic E-state index is 12.5. The summed E-state index contributed by atoms with van der Waals surface area (Å²) in [4.78, 5) is 20.9. The number of para-hydroxylation sites is 1. The Morgan fingerprint density at radius 1 is 1.15 bits per heavy atom. The predicted octanol–water partition coefficient (Wildman–Crippen LogP) is 2.70. The zero-order valence-electron chi connectivity index (χ0n) is 15.4. The number of carbonyl (C=O) groups is 1. The second kappa shape index (κ2) is 8.50. The minimum Gasteiger partial charge on any atom is -0.455 e. The molecule has 0 N–H and O–H groups in total. The molecule has 2 saturated heterocycles. The molecule has 1 aromatic heterocycles. The lowest BCUT2D eigenvalue weighted by Gasteiger charge is -2.35. The first-order valence-electron chi connectivity index (χ1n) is 9.58. The zero-order valence-corrected chi connectivity index (χ0v) is 15.4. The van der Waals surface area contributed by atoms with Gasteiger partial charge in [0.05, 0.1) is 6.20 Å². The molecule has 4 rings (SSSR count). The Bertz CT molecular complexity index is 754. The number of carbonyl (C=O) groups excluding carboxylic acids is 1. The van der Waals surface area contributed by atoms with E-state index in [1.807, 2.05) is 35.2 Å². The summed E-state index contributed by atoms with van der Waals surface area (Å²) in [5.74, 6) is 1.74. The molecule has 1 aromatic carbocycles. The van der Waals surface area contributed by atoms with Gasteiger partial charge in [0.2, 0.25) is 0 Å². The average Bonchev–Trinajstić information content (AvgIpc) is 3.25. The van der Waals surface area contributed by atoms with E-state index < -0.39 is 0 Å². The molecule has 2 aliphatic heterocycles. The highest BCUT2D eigenvalue weighted by atomic mass is 16.5. The van der Waals surface area contributed by atoms with Crippen LogP contribution in [-0.4, -0.2) is 59.6 Å². The number of pyridine rings is 1. The lowest BCUT2D eigenvalue weighted by atomic mass is 10.1. The van der Waals surface area contributed by atoms with E-state index in [4.69, 9.17) is 9.47 Å². The summed E-state index contributed by atoms with van der Waals surface area (Å²) in [7, 11) is 0. The van der Waals surface area contributed by atoms with E-state index in [2.05, 4.69) is 16.0 Å². The quantitative estimate of drug-likeness (QED) is 0.813. The maximum absolute atomic E-state index is 12.5. The normalized spacial score (nSPS) is 20.6. The van der Waals surface area contributed by atoms with Crippen LogP contribution < -0.4 is 4.74 Å². The third-order valence-corrected chi connectivity index (χ3v) is 5.12. The molecule has 2 aromatic rings. The Labute approximate surface area is 159 Å². The highest BCUT2D eigenvalue weighted by Gasteiger charge is 2.30. The van der Waals surface area contributed by atoms with Crippen molar-refractivity contribution in [1.29, 1.82) is 0 Å². The first-order chi connectivity index (χ1) is 13.3. The largest absolute Gasteiger partial charge is 0.455 e. The fourth-order valence-corrected chi connectivity index (χ4v) is 3.61. The monoisotopic (exact) mass is 367 g/mol. The number of benzene rings is 1. The number of aromatic nitrogens is 1. The molecule has 6 nitrogen and oxygen atoms in total. The summed E-state index contributed by atoms with van der Waals surface area (Å²) in [5, 5.41) is 0. The van der Waals surface area contributed by atoms with Crippen molar-refractivity contribution in [3.8, 4) is 11.5 Å². The van der Waals surface area contributed by atoms with Crippen LogP contribution in [0.1, 0.15) is 18.4 Å². The van der Waals surface area contributed by atoms with Crippen molar-refractivity contribution in [1.82, 2.24) is 14.8 Å². The van der Waals surface area contributed by atoms with Gasteiger partial charge in [0.1, 0.15) is 17.6 Å². The molecule has 0 unspecified atom stereocenters. The Balaban J connectivity index is 1.34. The van der Waals surface area contributed by atoms with Crippen LogP contribution >= 0.6 is 0 Å². The molecule has 2 aliphatic rings. The van der Waals surface area contributed by atoms with Crippen LogP contribution in [0.3, 0.4) is 0 Å². The molecule has 0 bridgehead atoms. The van der Waals surface area contributed by atoms with Gasteiger partial charge >= 0.3 is 0 Å². The van der Waals surface area contributed by atoms with E-state index in [9.17, 15) is 4.79 Å². The number of hydrogen-bond donors (Lipinski definition) is 0. The van der Waals surface area contributed by atoms with Gasteiger partial charge in [-0.3, -0.25) is 14.7 Å². The number of piperazine rings is 1. The van der Waals surface area contributed by atoms with E-state index in [1.54, 1.807) is 12.4 Å². The fraction of sp³-hybridized carbons (Fsp3) is 0.429. The zero-order chi connectivity index (χ0) is 18.5. The molecule has 142 valence electrons. The van der Waals surface area contributed by atoms with Crippen molar-refractivity contribution >= 4 is 5.91 Å². The van der Waals surface area contributed by atoms with E-state index in [-0.39, 0.29) is 12.0 Å². The summed E-state index contributed by atoms with van der Waals surface area (Å²) in [6.07, 6.45) is 5.08. The first-order valence-corrected chi connectivity index (χ1v) is 9.58. The Morgan fingerprint density at radius 2 is 2.00 bits per heavy atom. The Hall–Kier alpha value is -2.44. The van der Waals surface area contributed by atoms with Crippen LogP contribution in [0.5, 0.6) is 11.5 Å². The molecule has 2 fully saturated rings. The Morgan fingerprint density at radius 3 is 2.74 bits per heavy atom. The van der Waals surface area contributed by atoms with Crippen molar-refractivity contribution in [3.63, 3.8) is 0 Å². The van der Waals surface area contributed by atoms with Crippen molar-refractivity contribution in [3.05, 3.63) is 54.4 Å². The number of hydrogen-bond acceptors (Lipinski definition) is 5. The van der Waals surface area contributed by atoms with Gasteiger partial charge in [0.25, 0.3) is 5.91 Å². The summed E-state index contributed by atoms with van der Waals surface area (Å²) >= 11 is 0. The second-order valence-electron chi connectivity index (χ2n) is 7.00. The molecule has 3 heterocycles. The number of rotatable bonds is 5. The Kier molecular flexibility index (Phi) is 5.65. The number of nitrogens with zero attached hydrogens (tertiary/aromatic N) is 3. The molecule has 1 atom stereocenters. The molecule has 0 spiro atoms. The van der Waals surface area contributed by atoms with Crippen LogP contribution in [0.2, 0.25) is 0 Å². The van der Waals surface area contributed by atoms with E-state index in [0.717, 1.165) is 62.6 Å². The van der Waals surface area contributed by atoms with E-state index in [1.165, 1.54) is 0 Å². The SMILES string of the molecule is O=C([C@H]1CCCO1)N1CCN(Cc2ccccc2Oc2cccnc2)CC1. The van der Waals surface area contributed by atoms with Gasteiger partial charge in [0, 0.05) is 51.1 Å². The van der Waals surface area contributed by atoms with E-state index >= 15 is 0 Å². The van der Waals surface area contributed by atoms with Gasteiger partial charge in [-0.25, -0.2) is 0 Å². The van der Waals surface area contributed by atoms with Crippen LogP contribution in [0.4, 0.5) is 0 Å². The topological polar surface area (TPSA) is 54.9 Å². The second-order valence-corrected chi connectivity index (χ2v) is 7.00. The molecular weight excluding hydrogens is 342 g/mol. The van der Waals surface area contributed by atoms with Crippen LogP contribution in [-0.2, 0) is 16.1 Å². The molecule has 0 saturated carbocycles. The van der Waals surface area contributed by atoms with Gasteiger partial charge in [-0.1, -0.05) is 18.2 Å². The highest BCUT2D eigenvalue weighted by molar-refractivity contribution is 5.81. The lowest BCUT2D eigenvalue weighted by molar-refractivity contribution is -0.142. The van der Waals surface area contributed by atoms with Gasteiger partial charge in [-0.05, 0) is 31.0 Å². The molecule has 1 amide bonds. The van der Waals surface area contributed by atoms with Crippen molar-refractivity contribution in [2.75, 3.05) is 32.8 Å². The third kappa shape index (κ3) is 4.46. The summed E-state index contributed by atoms with van der Waals surface area (Å²) < 4.78 is 11.5. The van der Waals surface area contributed by atoms with Gasteiger partial charge in [0.15, 0.2) is 0 Å². The summed E-state index contributed by atoms with van der Waals surface area (Å²) in [6.45, 7) is 4.75. The summed E-state index contributed by atoms with van der Waals surface area (Å²) in [6, 6.07) is 11.9. The smallest absolute Gasteiger partial charge is 0.251 e. The van der Waals surface area contributed by atoms with Crippen LogP contribution in [0, 0.1) is 0 Å². The van der Waals surface area contributed by atoms with E-state index in [0.29, 0.717) is 6.61 Å². The minimum atomic E-state index is -0.217. The lowest BCUT2D eigenvalue weighted by Crippen LogP contribution is -2.51. The first kappa shape index (κ1) is 17.9. The van der Waals surface area contributed by atoms with Crippen molar-refractivity contribution in [2.45, 2.75) is 25.5 Å². The highest BCUT2D eigenvalue weighted by Crippen LogP contribution is 2.26. The fourth-order valence-electron chi connectivity index (χ4n) is 3.61. The van der Waals surface area contributed by atoms with Gasteiger partial charge < -0.3 is 14.4 Å². The van der Waals surface area contributed by atoms with Gasteiger partial charge in [-0.2, -0.15) is 0 Å². The molecule has 27 heavy (non-hydrogen) atoms. The average molecular weight is 367 g/mol. The molecule has 6 heteroatoms. The molecule has 0 radical (unpaired) electrons. The molecule has 0 aliphatic carbocycles. The minimum absolute atomic E-state index is 0.160. The van der Waals surface area contributed by atoms with Crippen molar-refractivity contribution < 1.29 is 14.3 Å². The van der Waals surface area contributed by atoms with Gasteiger partial charge in [-0.15, -0.1) is 0 Å². The molecular formula is C21H25N3O3. The standard InChI is InChI=1S/C21H25N3O3/c25-21(20-8-4-14-26-20)24-12-10-23(11-13-24)16-17-5-1-2-7-19(17)27-18-6-3-9-22-15-18/h1-3,5-7,9,15,20H,4,8,10-14,16H2/t20-/m1/s1. The van der Waals surface area contributed by atoms with Crippen molar-refractivity contribution in [2.24, 2.45) is 0 Å². The third-order valence-electron chi connectivity index (χ3n) is 5.12.